The monoisotopic (exact) mass is 286 g/mol. The lowest BCUT2D eigenvalue weighted by Gasteiger charge is -2.15. The lowest BCUT2D eigenvalue weighted by molar-refractivity contribution is 0.624. The first-order valence-corrected chi connectivity index (χ1v) is 6.59. The van der Waals surface area contributed by atoms with Gasteiger partial charge in [-0.3, -0.25) is 4.98 Å². The van der Waals surface area contributed by atoms with Gasteiger partial charge in [0.05, 0.1) is 16.6 Å². The summed E-state index contributed by atoms with van der Waals surface area (Å²) in [5.41, 5.74) is 8.47. The van der Waals surface area contributed by atoms with E-state index < -0.39 is 11.9 Å². The van der Waals surface area contributed by atoms with Gasteiger partial charge < -0.3 is 5.73 Å². The third-order valence-electron chi connectivity index (χ3n) is 3.31. The molecule has 0 saturated heterocycles. The molecule has 2 aromatic carbocycles. The highest BCUT2D eigenvalue weighted by Crippen LogP contribution is 2.29. The van der Waals surface area contributed by atoms with Crippen LogP contribution < -0.4 is 5.73 Å². The van der Waals surface area contributed by atoms with E-state index in [0.29, 0.717) is 5.56 Å². The van der Waals surface area contributed by atoms with Crippen LogP contribution in [-0.4, -0.2) is 4.98 Å². The predicted octanol–water partition coefficient (Wildman–Crippen LogP) is 4.08. The van der Waals surface area contributed by atoms with Crippen molar-refractivity contribution < 1.29 is 4.39 Å². The molecular weight excluding hydrogens is 275 g/mol. The molecule has 1 unspecified atom stereocenters. The first-order chi connectivity index (χ1) is 9.66. The largest absolute Gasteiger partial charge is 0.320 e. The van der Waals surface area contributed by atoms with E-state index in [2.05, 4.69) is 4.98 Å². The van der Waals surface area contributed by atoms with Gasteiger partial charge in [-0.1, -0.05) is 41.9 Å². The average Bonchev–Trinajstić information content (AvgIpc) is 2.49. The van der Waals surface area contributed by atoms with Crippen molar-refractivity contribution in [1.29, 1.82) is 0 Å². The van der Waals surface area contributed by atoms with Gasteiger partial charge >= 0.3 is 0 Å². The lowest BCUT2D eigenvalue weighted by Crippen LogP contribution is -2.12. The number of nitrogens with two attached hydrogens (primary N) is 1. The van der Waals surface area contributed by atoms with Gasteiger partial charge in [0.15, 0.2) is 0 Å². The maximum absolute atomic E-state index is 13.5. The Morgan fingerprint density at radius 3 is 2.80 bits per heavy atom. The smallest absolute Gasteiger partial charge is 0.142 e. The fraction of sp³-hybridized carbons (Fsp3) is 0.0625. The van der Waals surface area contributed by atoms with Gasteiger partial charge in [0.25, 0.3) is 0 Å². The molecular formula is C16H12ClFN2. The highest BCUT2D eigenvalue weighted by atomic mass is 35.5. The quantitative estimate of drug-likeness (QED) is 0.771. The normalized spacial score (nSPS) is 12.6. The van der Waals surface area contributed by atoms with E-state index in [-0.39, 0.29) is 5.02 Å². The Bertz CT molecular complexity index is 773. The number of hydrogen-bond acceptors (Lipinski definition) is 2. The Balaban J connectivity index is 2.08. The molecule has 1 aromatic heterocycles. The molecule has 100 valence electrons. The lowest BCUT2D eigenvalue weighted by atomic mass is 9.98. The zero-order valence-corrected chi connectivity index (χ0v) is 11.3. The minimum absolute atomic E-state index is 0.0705. The molecule has 0 aliphatic rings. The summed E-state index contributed by atoms with van der Waals surface area (Å²) in [6.45, 7) is 0. The van der Waals surface area contributed by atoms with E-state index in [1.165, 1.54) is 6.07 Å². The molecule has 1 heterocycles. The van der Waals surface area contributed by atoms with E-state index in [1.54, 1.807) is 18.3 Å². The number of fused-ring (bicyclic) bond motifs is 1. The molecule has 2 N–H and O–H groups in total. The van der Waals surface area contributed by atoms with Crippen LogP contribution in [0.5, 0.6) is 0 Å². The third kappa shape index (κ3) is 2.26. The SMILES string of the molecule is NC(c1ccc2cccnc2c1)c1cccc(F)c1Cl. The van der Waals surface area contributed by atoms with Crippen LogP contribution in [-0.2, 0) is 0 Å². The first-order valence-electron chi connectivity index (χ1n) is 6.21. The van der Waals surface area contributed by atoms with Crippen molar-refractivity contribution in [3.63, 3.8) is 0 Å². The average molecular weight is 287 g/mol. The molecule has 3 rings (SSSR count). The summed E-state index contributed by atoms with van der Waals surface area (Å²) in [6.07, 6.45) is 1.73. The van der Waals surface area contributed by atoms with Crippen LogP contribution in [0.2, 0.25) is 5.02 Å². The number of nitrogens with zero attached hydrogens (tertiary/aromatic N) is 1. The number of rotatable bonds is 2. The number of benzene rings is 2. The summed E-state index contributed by atoms with van der Waals surface area (Å²) in [5.74, 6) is -0.460. The van der Waals surface area contributed by atoms with Crippen molar-refractivity contribution in [3.05, 3.63) is 76.7 Å². The molecule has 0 saturated carbocycles. The fourth-order valence-electron chi connectivity index (χ4n) is 2.22. The van der Waals surface area contributed by atoms with Crippen molar-refractivity contribution in [1.82, 2.24) is 4.98 Å². The number of halogens is 2. The summed E-state index contributed by atoms with van der Waals surface area (Å²) in [7, 11) is 0. The van der Waals surface area contributed by atoms with Crippen LogP contribution in [0.15, 0.2) is 54.7 Å². The topological polar surface area (TPSA) is 38.9 Å². The van der Waals surface area contributed by atoms with Gasteiger partial charge in [0, 0.05) is 11.6 Å². The molecule has 0 spiro atoms. The standard InChI is InChI=1S/C16H12ClFN2/c17-15-12(4-1-5-13(15)18)16(19)11-7-6-10-3-2-8-20-14(10)9-11/h1-9,16H,19H2. The zero-order chi connectivity index (χ0) is 14.1. The minimum atomic E-state index is -0.482. The first kappa shape index (κ1) is 13.0. The Kier molecular flexibility index (Phi) is 3.38. The van der Waals surface area contributed by atoms with Crippen molar-refractivity contribution in [2.45, 2.75) is 6.04 Å². The van der Waals surface area contributed by atoms with Gasteiger partial charge in [-0.25, -0.2) is 4.39 Å². The number of pyridine rings is 1. The summed E-state index contributed by atoms with van der Waals surface area (Å²) in [5, 5.41) is 1.11. The van der Waals surface area contributed by atoms with E-state index in [9.17, 15) is 4.39 Å². The Morgan fingerprint density at radius 2 is 1.95 bits per heavy atom. The van der Waals surface area contributed by atoms with Gasteiger partial charge in [0.1, 0.15) is 5.82 Å². The maximum Gasteiger partial charge on any atom is 0.142 e. The molecule has 0 aliphatic heterocycles. The number of hydrogen-bond donors (Lipinski definition) is 1. The molecule has 0 bridgehead atoms. The predicted molar refractivity (Wildman–Crippen MR) is 79.2 cm³/mol. The molecule has 0 aliphatic carbocycles. The van der Waals surface area contributed by atoms with Crippen LogP contribution in [0.4, 0.5) is 4.39 Å². The maximum atomic E-state index is 13.5. The molecule has 1 atom stereocenters. The van der Waals surface area contributed by atoms with Crippen LogP contribution in [0.1, 0.15) is 17.2 Å². The summed E-state index contributed by atoms with van der Waals surface area (Å²) in [6, 6.07) is 13.8. The fourth-order valence-corrected chi connectivity index (χ4v) is 2.46. The van der Waals surface area contributed by atoms with Crippen molar-refractivity contribution in [2.24, 2.45) is 5.73 Å². The van der Waals surface area contributed by atoms with Gasteiger partial charge in [-0.2, -0.15) is 0 Å². The van der Waals surface area contributed by atoms with Crippen LogP contribution >= 0.6 is 11.6 Å². The molecule has 0 fully saturated rings. The second kappa shape index (κ2) is 5.19. The number of aromatic nitrogens is 1. The molecule has 3 aromatic rings. The van der Waals surface area contributed by atoms with Crippen molar-refractivity contribution in [3.8, 4) is 0 Å². The van der Waals surface area contributed by atoms with Crippen LogP contribution in [0.3, 0.4) is 0 Å². The third-order valence-corrected chi connectivity index (χ3v) is 3.70. The highest BCUT2D eigenvalue weighted by Gasteiger charge is 2.15. The molecule has 20 heavy (non-hydrogen) atoms. The molecule has 0 amide bonds. The van der Waals surface area contributed by atoms with Crippen molar-refractivity contribution in [2.75, 3.05) is 0 Å². The van der Waals surface area contributed by atoms with Crippen molar-refractivity contribution >= 4 is 22.5 Å². The Morgan fingerprint density at radius 1 is 1.10 bits per heavy atom. The molecule has 2 nitrogen and oxygen atoms in total. The summed E-state index contributed by atoms with van der Waals surface area (Å²) in [4.78, 5) is 4.30. The van der Waals surface area contributed by atoms with Gasteiger partial charge in [-0.15, -0.1) is 0 Å². The summed E-state index contributed by atoms with van der Waals surface area (Å²) < 4.78 is 13.5. The van der Waals surface area contributed by atoms with E-state index >= 15 is 0 Å². The van der Waals surface area contributed by atoms with E-state index in [4.69, 9.17) is 17.3 Å². The van der Waals surface area contributed by atoms with E-state index in [0.717, 1.165) is 16.5 Å². The van der Waals surface area contributed by atoms with E-state index in [1.807, 2.05) is 30.3 Å². The van der Waals surface area contributed by atoms with Gasteiger partial charge in [-0.05, 0) is 29.3 Å². The minimum Gasteiger partial charge on any atom is -0.320 e. The highest BCUT2D eigenvalue weighted by molar-refractivity contribution is 6.31. The summed E-state index contributed by atoms with van der Waals surface area (Å²) >= 11 is 5.99. The molecule has 0 radical (unpaired) electrons. The zero-order valence-electron chi connectivity index (χ0n) is 10.6. The Labute approximate surface area is 121 Å². The molecule has 4 heteroatoms. The second-order valence-electron chi connectivity index (χ2n) is 4.58. The van der Waals surface area contributed by atoms with Gasteiger partial charge in [0.2, 0.25) is 0 Å². The Hall–Kier alpha value is -1.97. The van der Waals surface area contributed by atoms with Crippen LogP contribution in [0, 0.1) is 5.82 Å². The van der Waals surface area contributed by atoms with Crippen LogP contribution in [0.25, 0.3) is 10.9 Å². The second-order valence-corrected chi connectivity index (χ2v) is 4.95.